The van der Waals surface area contributed by atoms with Gasteiger partial charge in [0.05, 0.1) is 6.61 Å². The van der Waals surface area contributed by atoms with E-state index in [1.54, 1.807) is 13.0 Å². The van der Waals surface area contributed by atoms with Gasteiger partial charge in [-0.2, -0.15) is 0 Å². The van der Waals surface area contributed by atoms with Gasteiger partial charge in [-0.15, -0.1) is 0 Å². The van der Waals surface area contributed by atoms with Crippen LogP contribution in [0.5, 0.6) is 0 Å². The van der Waals surface area contributed by atoms with Crippen LogP contribution >= 0.6 is 0 Å². The summed E-state index contributed by atoms with van der Waals surface area (Å²) < 4.78 is 10.4. The largest absolute Gasteiger partial charge is 0.462 e. The number of hydrogen-bond donors (Lipinski definition) is 0. The smallest absolute Gasteiger partial charge is 0.351 e. The van der Waals surface area contributed by atoms with Gasteiger partial charge < -0.3 is 14.1 Å². The Kier molecular flexibility index (Phi) is 4.82. The monoisotopic (exact) mass is 357 g/mol. The molecule has 3 rings (SSSR count). The van der Waals surface area contributed by atoms with Gasteiger partial charge >= 0.3 is 11.6 Å². The SMILES string of the molecule is CCCN1c2cc3oc(=O)c(C(=O)OCC)cc3cc2C(C)CC1(C)C. The Morgan fingerprint density at radius 1 is 1.31 bits per heavy atom. The summed E-state index contributed by atoms with van der Waals surface area (Å²) in [6.45, 7) is 11.8. The summed E-state index contributed by atoms with van der Waals surface area (Å²) in [5.41, 5.74) is 2.20. The van der Waals surface area contributed by atoms with E-state index in [2.05, 4.69) is 38.7 Å². The first-order chi connectivity index (χ1) is 12.3. The first-order valence-electron chi connectivity index (χ1n) is 9.35. The highest BCUT2D eigenvalue weighted by molar-refractivity contribution is 5.94. The van der Waals surface area contributed by atoms with Crippen LogP contribution in [-0.2, 0) is 4.74 Å². The maximum atomic E-state index is 12.2. The van der Waals surface area contributed by atoms with Crippen LogP contribution in [0.1, 0.15) is 69.3 Å². The van der Waals surface area contributed by atoms with Crippen molar-refractivity contribution in [2.75, 3.05) is 18.1 Å². The van der Waals surface area contributed by atoms with E-state index in [1.807, 2.05) is 6.07 Å². The van der Waals surface area contributed by atoms with Crippen LogP contribution < -0.4 is 10.5 Å². The summed E-state index contributed by atoms with van der Waals surface area (Å²) in [5.74, 6) is -0.252. The molecular weight excluding hydrogens is 330 g/mol. The van der Waals surface area contributed by atoms with Crippen molar-refractivity contribution in [3.8, 4) is 0 Å². The molecule has 1 atom stereocenters. The molecule has 0 aliphatic carbocycles. The summed E-state index contributed by atoms with van der Waals surface area (Å²) in [5, 5.41) is 0.759. The van der Waals surface area contributed by atoms with Crippen LogP contribution in [0, 0.1) is 0 Å². The standard InChI is InChI=1S/C21H27NO4/c1-6-8-22-17-11-18-14(9-15(17)13(3)12-21(22,4)5)10-16(20(24)26-18)19(23)25-7-2/h9-11,13H,6-8,12H2,1-5H3. The molecule has 1 aromatic heterocycles. The van der Waals surface area contributed by atoms with Gasteiger partial charge in [-0.05, 0) is 57.2 Å². The number of hydrogen-bond acceptors (Lipinski definition) is 5. The fourth-order valence-electron chi connectivity index (χ4n) is 4.10. The lowest BCUT2D eigenvalue weighted by Gasteiger charge is -2.47. The molecule has 2 heterocycles. The molecule has 1 aromatic carbocycles. The summed E-state index contributed by atoms with van der Waals surface area (Å²) in [7, 11) is 0. The number of benzene rings is 1. The van der Waals surface area contributed by atoms with Gasteiger partial charge in [-0.3, -0.25) is 0 Å². The van der Waals surface area contributed by atoms with Crippen LogP contribution in [-0.4, -0.2) is 24.7 Å². The fourth-order valence-corrected chi connectivity index (χ4v) is 4.10. The predicted octanol–water partition coefficient (Wildman–Crippen LogP) is 4.47. The minimum atomic E-state index is -0.652. The maximum Gasteiger partial charge on any atom is 0.351 e. The molecule has 1 aliphatic rings. The third-order valence-electron chi connectivity index (χ3n) is 5.18. The molecule has 0 bridgehead atoms. The molecule has 0 radical (unpaired) electrons. The second kappa shape index (κ2) is 6.78. The van der Waals surface area contributed by atoms with Gasteiger partial charge in [-0.25, -0.2) is 9.59 Å². The molecule has 0 amide bonds. The third-order valence-corrected chi connectivity index (χ3v) is 5.18. The minimum absolute atomic E-state index is 0.0429. The number of carbonyl (C=O) groups excluding carboxylic acids is 1. The Labute approximate surface area is 153 Å². The van der Waals surface area contributed by atoms with Crippen LogP contribution in [0.4, 0.5) is 5.69 Å². The lowest BCUT2D eigenvalue weighted by molar-refractivity contribution is 0.0522. The number of ether oxygens (including phenoxy) is 1. The van der Waals surface area contributed by atoms with Crippen LogP contribution in [0.25, 0.3) is 11.0 Å². The number of nitrogens with zero attached hydrogens (tertiary/aromatic N) is 1. The first-order valence-corrected chi connectivity index (χ1v) is 9.35. The van der Waals surface area contributed by atoms with Crippen molar-refractivity contribution < 1.29 is 13.9 Å². The molecule has 0 saturated carbocycles. The van der Waals surface area contributed by atoms with Gasteiger partial charge in [0.2, 0.25) is 0 Å². The quantitative estimate of drug-likeness (QED) is 0.597. The van der Waals surface area contributed by atoms with Gasteiger partial charge in [-0.1, -0.05) is 13.8 Å². The predicted molar refractivity (Wildman–Crippen MR) is 103 cm³/mol. The molecule has 0 spiro atoms. The summed E-state index contributed by atoms with van der Waals surface area (Å²) in [6.07, 6.45) is 2.09. The Morgan fingerprint density at radius 2 is 2.04 bits per heavy atom. The zero-order valence-corrected chi connectivity index (χ0v) is 16.2. The van der Waals surface area contributed by atoms with Crippen molar-refractivity contribution in [2.24, 2.45) is 0 Å². The van der Waals surface area contributed by atoms with E-state index in [-0.39, 0.29) is 17.7 Å². The fraction of sp³-hybridized carbons (Fsp3) is 0.524. The number of fused-ring (bicyclic) bond motifs is 2. The first kappa shape index (κ1) is 18.5. The number of esters is 1. The van der Waals surface area contributed by atoms with Crippen molar-refractivity contribution in [1.29, 1.82) is 0 Å². The van der Waals surface area contributed by atoms with Gasteiger partial charge in [0, 0.05) is 29.2 Å². The lowest BCUT2D eigenvalue weighted by atomic mass is 9.79. The normalized spacial score (nSPS) is 18.7. The van der Waals surface area contributed by atoms with Gasteiger partial charge in [0.15, 0.2) is 0 Å². The van der Waals surface area contributed by atoms with E-state index < -0.39 is 11.6 Å². The summed E-state index contributed by atoms with van der Waals surface area (Å²) in [6, 6.07) is 5.60. The van der Waals surface area contributed by atoms with Gasteiger partial charge in [0.25, 0.3) is 0 Å². The van der Waals surface area contributed by atoms with Crippen molar-refractivity contribution >= 4 is 22.6 Å². The highest BCUT2D eigenvalue weighted by atomic mass is 16.5. The number of anilines is 1. The zero-order valence-electron chi connectivity index (χ0n) is 16.2. The summed E-state index contributed by atoms with van der Waals surface area (Å²) in [4.78, 5) is 26.6. The Balaban J connectivity index is 2.19. The Hall–Kier alpha value is -2.30. The van der Waals surface area contributed by atoms with Crippen LogP contribution in [0.2, 0.25) is 0 Å². The molecule has 1 aliphatic heterocycles. The Morgan fingerprint density at radius 3 is 2.69 bits per heavy atom. The van der Waals surface area contributed by atoms with Crippen LogP contribution in [0.3, 0.4) is 0 Å². The highest BCUT2D eigenvalue weighted by Gasteiger charge is 2.36. The van der Waals surface area contributed by atoms with Crippen LogP contribution in [0.15, 0.2) is 27.4 Å². The second-order valence-electron chi connectivity index (χ2n) is 7.69. The molecule has 0 saturated heterocycles. The molecule has 1 unspecified atom stereocenters. The zero-order chi connectivity index (χ0) is 19.1. The number of carbonyl (C=O) groups is 1. The molecule has 0 fully saturated rings. The Bertz CT molecular complexity index is 897. The lowest BCUT2D eigenvalue weighted by Crippen LogP contribution is -2.48. The van der Waals surface area contributed by atoms with E-state index >= 15 is 0 Å². The van der Waals surface area contributed by atoms with Crippen molar-refractivity contribution in [1.82, 2.24) is 0 Å². The van der Waals surface area contributed by atoms with E-state index in [9.17, 15) is 9.59 Å². The third kappa shape index (κ3) is 3.11. The average Bonchev–Trinajstić information content (AvgIpc) is 2.56. The molecule has 140 valence electrons. The highest BCUT2D eigenvalue weighted by Crippen LogP contribution is 2.44. The molecule has 5 nitrogen and oxygen atoms in total. The molecular formula is C21H27NO4. The van der Waals surface area contributed by atoms with Crippen molar-refractivity contribution in [2.45, 2.75) is 58.9 Å². The molecule has 2 aromatic rings. The van der Waals surface area contributed by atoms with E-state index in [4.69, 9.17) is 9.15 Å². The second-order valence-corrected chi connectivity index (χ2v) is 7.69. The molecule has 5 heteroatoms. The van der Waals surface area contributed by atoms with Gasteiger partial charge in [0.1, 0.15) is 11.1 Å². The molecule has 26 heavy (non-hydrogen) atoms. The maximum absolute atomic E-state index is 12.2. The van der Waals surface area contributed by atoms with E-state index in [0.29, 0.717) is 11.5 Å². The number of rotatable bonds is 4. The minimum Gasteiger partial charge on any atom is -0.462 e. The van der Waals surface area contributed by atoms with Crippen molar-refractivity contribution in [3.63, 3.8) is 0 Å². The van der Waals surface area contributed by atoms with E-state index in [1.165, 1.54) is 5.56 Å². The topological polar surface area (TPSA) is 59.8 Å². The average molecular weight is 357 g/mol. The van der Waals surface area contributed by atoms with Crippen molar-refractivity contribution in [3.05, 3.63) is 39.7 Å². The summed E-state index contributed by atoms with van der Waals surface area (Å²) >= 11 is 0. The van der Waals surface area contributed by atoms with E-state index in [0.717, 1.165) is 30.5 Å². The molecule has 0 N–H and O–H groups in total.